The molecule has 9 nitrogen and oxygen atoms in total. The molecule has 4 amide bonds. The van der Waals surface area contributed by atoms with E-state index < -0.39 is 29.2 Å². The fourth-order valence-corrected chi connectivity index (χ4v) is 6.19. The highest BCUT2D eigenvalue weighted by Crippen LogP contribution is 2.37. The Morgan fingerprint density at radius 3 is 1.49 bits per heavy atom. The van der Waals surface area contributed by atoms with E-state index in [4.69, 9.17) is 18.9 Å². The van der Waals surface area contributed by atoms with E-state index in [1.807, 2.05) is 0 Å². The van der Waals surface area contributed by atoms with Crippen LogP contribution in [0.3, 0.4) is 0 Å². The number of hydrogen-bond acceptors (Lipinski definition) is 8. The van der Waals surface area contributed by atoms with E-state index in [0.29, 0.717) is 5.41 Å². The van der Waals surface area contributed by atoms with Gasteiger partial charge in [0.1, 0.15) is 5.92 Å². The van der Waals surface area contributed by atoms with Gasteiger partial charge in [-0.1, -0.05) is 89.5 Å². The number of imide groups is 2. The van der Waals surface area contributed by atoms with Crippen LogP contribution < -0.4 is 10.6 Å². The van der Waals surface area contributed by atoms with Crippen LogP contribution in [0.1, 0.15) is 109 Å². The average Bonchev–Trinajstić information content (AvgIpc) is 2.88. The van der Waals surface area contributed by atoms with Crippen LogP contribution in [0.25, 0.3) is 0 Å². The Kier molecular flexibility index (Phi) is 16.2. The first-order valence-electron chi connectivity index (χ1n) is 15.8. The molecule has 0 spiro atoms. The minimum atomic E-state index is -0.801. The smallest absolute Gasteiger partial charge is 0.328 e. The summed E-state index contributed by atoms with van der Waals surface area (Å²) in [5, 5.41) is 5.03. The highest BCUT2D eigenvalue weighted by Gasteiger charge is 2.42. The Balaban J connectivity index is 0.000000289. The zero-order valence-electron chi connectivity index (χ0n) is 29.1. The molecular weight excluding hydrogens is 568 g/mol. The Morgan fingerprint density at radius 2 is 1.19 bits per heavy atom. The molecule has 10 heteroatoms. The van der Waals surface area contributed by atoms with Crippen molar-refractivity contribution in [2.24, 2.45) is 27.6 Å². The first-order chi connectivity index (χ1) is 19.6. The molecule has 4 aliphatic rings. The van der Waals surface area contributed by atoms with E-state index in [1.54, 1.807) is 20.8 Å². The third kappa shape index (κ3) is 15.6. The molecular formula is C33H62N2O7S. The number of amides is 4. The van der Waals surface area contributed by atoms with E-state index in [0.717, 1.165) is 44.7 Å². The van der Waals surface area contributed by atoms with Crippen LogP contribution in [0.15, 0.2) is 0 Å². The molecule has 0 radical (unpaired) electrons. The normalized spacial score (nSPS) is 24.6. The van der Waals surface area contributed by atoms with Gasteiger partial charge < -0.3 is 18.9 Å². The summed E-state index contributed by atoms with van der Waals surface area (Å²) in [4.78, 5) is 33.2. The largest absolute Gasteiger partial charge is 0.376 e. The third-order valence-electron chi connectivity index (χ3n) is 7.33. The van der Waals surface area contributed by atoms with Gasteiger partial charge in [0.2, 0.25) is 11.8 Å². The highest BCUT2D eigenvalue weighted by molar-refractivity contribution is 8.00. The highest BCUT2D eigenvalue weighted by atomic mass is 32.2. The Morgan fingerprint density at radius 1 is 0.628 bits per heavy atom. The molecule has 2 unspecified atom stereocenters. The Labute approximate surface area is 266 Å². The quantitative estimate of drug-likeness (QED) is 0.289. The number of carbonyl (C=O) groups is 3. The van der Waals surface area contributed by atoms with Gasteiger partial charge >= 0.3 is 6.03 Å². The molecule has 0 bridgehead atoms. The second-order valence-electron chi connectivity index (χ2n) is 15.9. The lowest BCUT2D eigenvalue weighted by molar-refractivity contribution is -0.224. The average molecular weight is 631 g/mol. The van der Waals surface area contributed by atoms with Crippen LogP contribution in [-0.2, 0) is 28.5 Å². The van der Waals surface area contributed by atoms with E-state index in [2.05, 4.69) is 84.7 Å². The number of urea groups is 1. The number of thioether (sulfide) groups is 1. The number of ether oxygens (including phenoxy) is 4. The maximum atomic E-state index is 11.3. The molecule has 0 aromatic rings. The van der Waals surface area contributed by atoms with Crippen molar-refractivity contribution in [1.82, 2.24) is 10.6 Å². The molecule has 4 rings (SSSR count). The summed E-state index contributed by atoms with van der Waals surface area (Å²) >= 11 is 2.17. The second kappa shape index (κ2) is 17.5. The minimum Gasteiger partial charge on any atom is -0.376 e. The molecule has 4 heterocycles. The molecule has 43 heavy (non-hydrogen) atoms. The van der Waals surface area contributed by atoms with Crippen molar-refractivity contribution < 1.29 is 33.3 Å². The van der Waals surface area contributed by atoms with Gasteiger partial charge in [-0.3, -0.25) is 20.2 Å². The van der Waals surface area contributed by atoms with Crippen molar-refractivity contribution in [3.63, 3.8) is 0 Å². The first-order valence-corrected chi connectivity index (χ1v) is 16.9. The number of nitrogens with one attached hydrogen (secondary N) is 2. The molecule has 0 aliphatic carbocycles. The molecule has 4 aliphatic heterocycles. The van der Waals surface area contributed by atoms with Gasteiger partial charge in [0.25, 0.3) is 0 Å². The topological polar surface area (TPSA) is 112 Å². The van der Waals surface area contributed by atoms with Gasteiger partial charge in [0.15, 0.2) is 6.29 Å². The van der Waals surface area contributed by atoms with Crippen LogP contribution in [-0.4, -0.2) is 74.3 Å². The van der Waals surface area contributed by atoms with E-state index in [1.165, 1.54) is 25.0 Å². The Bertz CT molecular complexity index is 764. The van der Waals surface area contributed by atoms with Gasteiger partial charge in [-0.2, -0.15) is 11.8 Å². The molecule has 0 saturated carbocycles. The monoisotopic (exact) mass is 630 g/mol. The van der Waals surface area contributed by atoms with Crippen molar-refractivity contribution in [2.75, 3.05) is 38.8 Å². The zero-order chi connectivity index (χ0) is 33.1. The van der Waals surface area contributed by atoms with Crippen LogP contribution in [0.4, 0.5) is 4.79 Å². The van der Waals surface area contributed by atoms with Gasteiger partial charge in [-0.15, -0.1) is 0 Å². The molecule has 2 N–H and O–H groups in total. The second-order valence-corrected chi connectivity index (χ2v) is 17.2. The van der Waals surface area contributed by atoms with Gasteiger partial charge in [0, 0.05) is 10.7 Å². The lowest BCUT2D eigenvalue weighted by atomic mass is 9.79. The van der Waals surface area contributed by atoms with Crippen molar-refractivity contribution in [2.45, 2.75) is 126 Å². The van der Waals surface area contributed by atoms with Gasteiger partial charge in [-0.05, 0) is 41.3 Å². The van der Waals surface area contributed by atoms with Gasteiger partial charge in [0.05, 0.1) is 39.1 Å². The van der Waals surface area contributed by atoms with Crippen molar-refractivity contribution in [1.29, 1.82) is 0 Å². The van der Waals surface area contributed by atoms with Crippen LogP contribution in [0.5, 0.6) is 0 Å². The van der Waals surface area contributed by atoms with Crippen LogP contribution >= 0.6 is 11.8 Å². The molecule has 252 valence electrons. The maximum Gasteiger partial charge on any atom is 0.328 e. The lowest BCUT2D eigenvalue weighted by Gasteiger charge is -2.33. The SMILES string of the molecule is CC(C)(C)C1C(=O)NC(=O)NC1=O.CC(C)(C)C1CCCCS1.CC(C)(C)C1COCCO1.CC(C)(C)C1OCCCO1. The Hall–Kier alpha value is -1.20. The predicted octanol–water partition coefficient (Wildman–Crippen LogP) is 6.58. The summed E-state index contributed by atoms with van der Waals surface area (Å²) in [6.45, 7) is 29.2. The predicted molar refractivity (Wildman–Crippen MR) is 174 cm³/mol. The van der Waals surface area contributed by atoms with Crippen molar-refractivity contribution in [3.8, 4) is 0 Å². The van der Waals surface area contributed by atoms with E-state index in [9.17, 15) is 14.4 Å². The number of hydrogen-bond donors (Lipinski definition) is 2. The molecule has 2 atom stereocenters. The maximum absolute atomic E-state index is 11.3. The minimum absolute atomic E-state index is 0.00116. The summed E-state index contributed by atoms with van der Waals surface area (Å²) in [5.74, 6) is -0.463. The summed E-state index contributed by atoms with van der Waals surface area (Å²) in [5.41, 5.74) is 0.404. The summed E-state index contributed by atoms with van der Waals surface area (Å²) in [6, 6.07) is -0.740. The van der Waals surface area contributed by atoms with Crippen LogP contribution in [0, 0.1) is 27.6 Å². The third-order valence-corrected chi connectivity index (χ3v) is 9.20. The number of carbonyl (C=O) groups excluding carboxylic acids is 3. The number of barbiturate groups is 1. The van der Waals surface area contributed by atoms with Gasteiger partial charge in [-0.25, -0.2) is 4.79 Å². The fraction of sp³-hybridized carbons (Fsp3) is 0.909. The molecule has 0 aromatic carbocycles. The first kappa shape index (κ1) is 39.8. The van der Waals surface area contributed by atoms with Crippen molar-refractivity contribution >= 4 is 29.6 Å². The molecule has 4 saturated heterocycles. The lowest BCUT2D eigenvalue weighted by Crippen LogP contribution is -2.59. The molecule has 0 aromatic heterocycles. The van der Waals surface area contributed by atoms with Crippen LogP contribution in [0.2, 0.25) is 0 Å². The van der Waals surface area contributed by atoms with E-state index in [-0.39, 0.29) is 23.2 Å². The number of rotatable bonds is 0. The van der Waals surface area contributed by atoms with Crippen molar-refractivity contribution in [3.05, 3.63) is 0 Å². The molecule has 4 fully saturated rings. The standard InChI is InChI=1S/C9H18S.C8H12N2O3.2C8H16O2/c1-9(2,3)8-6-4-5-7-10-8;1-8(2,3)4-5(11)9-7(13)10-6(4)12;1-8(2,3)7-6-9-4-5-10-7;1-8(2,3)7-9-5-4-6-10-7/h8H,4-7H2,1-3H3;4H,1-3H3,(H2,9,10,11,12,13);2*7H,4-6H2,1-3H3. The van der Waals surface area contributed by atoms with E-state index >= 15 is 0 Å². The fourth-order valence-electron chi connectivity index (χ4n) is 4.70. The summed E-state index contributed by atoms with van der Waals surface area (Å²) in [6.07, 6.45) is 5.65. The summed E-state index contributed by atoms with van der Waals surface area (Å²) < 4.78 is 21.6. The zero-order valence-corrected chi connectivity index (χ0v) is 30.0. The summed E-state index contributed by atoms with van der Waals surface area (Å²) in [7, 11) is 0.